The topological polar surface area (TPSA) is 40.5 Å². The van der Waals surface area contributed by atoms with Gasteiger partial charge in [-0.05, 0) is 55.2 Å². The predicted octanol–water partition coefficient (Wildman–Crippen LogP) is 4.09. The fraction of sp³-hybridized carbons (Fsp3) is 0.316. The highest BCUT2D eigenvalue weighted by Crippen LogP contribution is 2.22. The molecule has 0 aliphatic carbocycles. The van der Waals surface area contributed by atoms with E-state index < -0.39 is 5.97 Å². The van der Waals surface area contributed by atoms with Crippen molar-refractivity contribution in [3.05, 3.63) is 64.7 Å². The van der Waals surface area contributed by atoms with Crippen LogP contribution in [-0.4, -0.2) is 17.6 Å². The summed E-state index contributed by atoms with van der Waals surface area (Å²) in [5.74, 6) is -0.765. The zero-order valence-electron chi connectivity index (χ0n) is 13.5. The predicted molar refractivity (Wildman–Crippen MR) is 90.4 cm³/mol. The molecule has 0 aliphatic rings. The first-order valence-electron chi connectivity index (χ1n) is 7.56. The molecule has 0 heterocycles. The van der Waals surface area contributed by atoms with Gasteiger partial charge in [-0.25, -0.2) is 0 Å². The first-order valence-corrected chi connectivity index (χ1v) is 7.56. The van der Waals surface area contributed by atoms with Crippen molar-refractivity contribution in [1.29, 1.82) is 0 Å². The van der Waals surface area contributed by atoms with E-state index in [-0.39, 0.29) is 6.42 Å². The van der Waals surface area contributed by atoms with Crippen LogP contribution in [0.2, 0.25) is 0 Å². The van der Waals surface area contributed by atoms with E-state index in [1.807, 2.05) is 12.1 Å². The molecule has 0 aliphatic heterocycles. The van der Waals surface area contributed by atoms with E-state index in [0.717, 1.165) is 12.2 Å². The lowest BCUT2D eigenvalue weighted by atomic mass is 10.1. The number of carboxylic acids is 1. The van der Waals surface area contributed by atoms with Gasteiger partial charge in [0.1, 0.15) is 0 Å². The Hall–Kier alpha value is -2.29. The van der Waals surface area contributed by atoms with Crippen LogP contribution < -0.4 is 4.90 Å². The summed E-state index contributed by atoms with van der Waals surface area (Å²) < 4.78 is 0. The van der Waals surface area contributed by atoms with Gasteiger partial charge in [0.15, 0.2) is 0 Å². The number of carbonyl (C=O) groups is 1. The molecule has 0 atom stereocenters. The molecule has 3 nitrogen and oxygen atoms in total. The zero-order chi connectivity index (χ0) is 16.1. The molecule has 0 aromatic heterocycles. The molecule has 0 radical (unpaired) electrons. The van der Waals surface area contributed by atoms with Crippen LogP contribution in [0, 0.1) is 20.8 Å². The second-order valence-electron chi connectivity index (χ2n) is 5.76. The van der Waals surface area contributed by atoms with Crippen LogP contribution >= 0.6 is 0 Å². The van der Waals surface area contributed by atoms with Crippen molar-refractivity contribution in [1.82, 2.24) is 0 Å². The first-order chi connectivity index (χ1) is 10.5. The van der Waals surface area contributed by atoms with E-state index in [0.29, 0.717) is 6.54 Å². The summed E-state index contributed by atoms with van der Waals surface area (Å²) in [6, 6.07) is 14.5. The zero-order valence-corrected chi connectivity index (χ0v) is 13.5. The van der Waals surface area contributed by atoms with Crippen LogP contribution in [0.3, 0.4) is 0 Å². The maximum Gasteiger partial charge on any atom is 0.305 e. The molecule has 0 spiro atoms. The highest BCUT2D eigenvalue weighted by molar-refractivity contribution is 5.67. The molecule has 0 saturated heterocycles. The Bertz CT molecular complexity index is 664. The van der Waals surface area contributed by atoms with E-state index in [1.165, 1.54) is 22.3 Å². The minimum atomic E-state index is -0.765. The maximum atomic E-state index is 10.9. The minimum Gasteiger partial charge on any atom is -0.481 e. The van der Waals surface area contributed by atoms with Gasteiger partial charge in [-0.3, -0.25) is 4.79 Å². The van der Waals surface area contributed by atoms with Gasteiger partial charge in [-0.2, -0.15) is 0 Å². The molecular weight excluding hydrogens is 274 g/mol. The van der Waals surface area contributed by atoms with Gasteiger partial charge in [0, 0.05) is 18.8 Å². The lowest BCUT2D eigenvalue weighted by Gasteiger charge is -2.26. The average molecular weight is 297 g/mol. The van der Waals surface area contributed by atoms with Crippen molar-refractivity contribution in [3.8, 4) is 0 Å². The number of carboxylic acid groups (broad SMARTS) is 1. The summed E-state index contributed by atoms with van der Waals surface area (Å²) in [6.07, 6.45) is 0.138. The van der Waals surface area contributed by atoms with Crippen molar-refractivity contribution in [2.45, 2.75) is 33.7 Å². The quantitative estimate of drug-likeness (QED) is 0.873. The number of anilines is 1. The van der Waals surface area contributed by atoms with E-state index in [9.17, 15) is 4.79 Å². The van der Waals surface area contributed by atoms with E-state index in [1.54, 1.807) is 0 Å². The molecule has 1 N–H and O–H groups in total. The van der Waals surface area contributed by atoms with Crippen LogP contribution in [0.15, 0.2) is 42.5 Å². The minimum absolute atomic E-state index is 0.138. The number of hydrogen-bond acceptors (Lipinski definition) is 2. The van der Waals surface area contributed by atoms with Gasteiger partial charge in [-0.15, -0.1) is 0 Å². The Morgan fingerprint density at radius 3 is 2.36 bits per heavy atom. The molecule has 22 heavy (non-hydrogen) atoms. The average Bonchev–Trinajstić information content (AvgIpc) is 2.48. The largest absolute Gasteiger partial charge is 0.481 e. The van der Waals surface area contributed by atoms with Crippen LogP contribution in [0.5, 0.6) is 0 Å². The highest BCUT2D eigenvalue weighted by Gasteiger charge is 2.11. The lowest BCUT2D eigenvalue weighted by Crippen LogP contribution is -2.26. The number of aryl methyl sites for hydroxylation is 3. The lowest BCUT2D eigenvalue weighted by molar-refractivity contribution is -0.136. The van der Waals surface area contributed by atoms with Crippen LogP contribution in [0.1, 0.15) is 28.7 Å². The monoisotopic (exact) mass is 297 g/mol. The van der Waals surface area contributed by atoms with E-state index in [4.69, 9.17) is 5.11 Å². The van der Waals surface area contributed by atoms with Crippen LogP contribution in [-0.2, 0) is 11.3 Å². The molecule has 0 amide bonds. The fourth-order valence-electron chi connectivity index (χ4n) is 2.45. The fourth-order valence-corrected chi connectivity index (χ4v) is 2.45. The molecule has 2 aromatic carbocycles. The molecule has 3 heteroatoms. The summed E-state index contributed by atoms with van der Waals surface area (Å²) in [5, 5.41) is 9.00. The third-order valence-corrected chi connectivity index (χ3v) is 4.07. The van der Waals surface area contributed by atoms with Crippen molar-refractivity contribution in [2.24, 2.45) is 0 Å². The first kappa shape index (κ1) is 16.1. The third kappa shape index (κ3) is 4.10. The van der Waals surface area contributed by atoms with Gasteiger partial charge < -0.3 is 10.0 Å². The molecule has 0 fully saturated rings. The van der Waals surface area contributed by atoms with Crippen LogP contribution in [0.4, 0.5) is 5.69 Å². The summed E-state index contributed by atoms with van der Waals surface area (Å²) in [7, 11) is 0. The SMILES string of the molecule is Cc1ccc(N(CCC(=O)O)Cc2ccccc2C)cc1C. The molecule has 2 aromatic rings. The number of aliphatic carboxylic acids is 1. The smallest absolute Gasteiger partial charge is 0.305 e. The van der Waals surface area contributed by atoms with Gasteiger partial charge in [0.05, 0.1) is 6.42 Å². The maximum absolute atomic E-state index is 10.9. The Kier molecular flexibility index (Phi) is 5.21. The van der Waals surface area contributed by atoms with Gasteiger partial charge >= 0.3 is 5.97 Å². The summed E-state index contributed by atoms with van der Waals surface area (Å²) in [4.78, 5) is 13.1. The summed E-state index contributed by atoms with van der Waals surface area (Å²) in [6.45, 7) is 7.49. The van der Waals surface area contributed by atoms with Gasteiger partial charge in [0.25, 0.3) is 0 Å². The Labute approximate surface area is 132 Å². The normalized spacial score (nSPS) is 10.5. The molecule has 2 rings (SSSR count). The molecule has 0 unspecified atom stereocenters. The molecule has 116 valence electrons. The molecule has 0 saturated carbocycles. The molecular formula is C19H23NO2. The molecule has 0 bridgehead atoms. The number of rotatable bonds is 6. The Balaban J connectivity index is 2.27. The van der Waals surface area contributed by atoms with Gasteiger partial charge in [-0.1, -0.05) is 30.3 Å². The number of nitrogens with zero attached hydrogens (tertiary/aromatic N) is 1. The van der Waals surface area contributed by atoms with Crippen molar-refractivity contribution < 1.29 is 9.90 Å². The Morgan fingerprint density at radius 2 is 1.73 bits per heavy atom. The van der Waals surface area contributed by atoms with Crippen molar-refractivity contribution in [3.63, 3.8) is 0 Å². The Morgan fingerprint density at radius 1 is 1.00 bits per heavy atom. The van der Waals surface area contributed by atoms with E-state index in [2.05, 4.69) is 56.0 Å². The third-order valence-electron chi connectivity index (χ3n) is 4.07. The standard InChI is InChI=1S/C19H23NO2/c1-14-8-9-18(12-16(14)3)20(11-10-19(21)22)13-17-7-5-4-6-15(17)2/h4-9,12H,10-11,13H2,1-3H3,(H,21,22). The van der Waals surface area contributed by atoms with Crippen molar-refractivity contribution in [2.75, 3.05) is 11.4 Å². The number of hydrogen-bond donors (Lipinski definition) is 1. The summed E-state index contributed by atoms with van der Waals surface area (Å²) in [5.41, 5.74) is 6.01. The van der Waals surface area contributed by atoms with E-state index >= 15 is 0 Å². The number of benzene rings is 2. The summed E-state index contributed by atoms with van der Waals surface area (Å²) >= 11 is 0. The second-order valence-corrected chi connectivity index (χ2v) is 5.76. The van der Waals surface area contributed by atoms with Crippen molar-refractivity contribution >= 4 is 11.7 Å². The van der Waals surface area contributed by atoms with Gasteiger partial charge in [0.2, 0.25) is 0 Å². The van der Waals surface area contributed by atoms with Crippen LogP contribution in [0.25, 0.3) is 0 Å². The second kappa shape index (κ2) is 7.12. The highest BCUT2D eigenvalue weighted by atomic mass is 16.4.